The zero-order valence-corrected chi connectivity index (χ0v) is 12.3. The number of aromatic nitrogens is 1. The highest BCUT2D eigenvalue weighted by molar-refractivity contribution is 7.09. The van der Waals surface area contributed by atoms with E-state index in [1.165, 1.54) is 19.3 Å². The molecule has 2 nitrogen and oxygen atoms in total. The number of fused-ring (bicyclic) bond motifs is 1. The van der Waals surface area contributed by atoms with Crippen LogP contribution in [0.2, 0.25) is 0 Å². The normalized spacial score (nSPS) is 32.3. The third-order valence-corrected chi connectivity index (χ3v) is 5.49. The maximum absolute atomic E-state index is 10.3. The smallest absolute Gasteiger partial charge is 0.0954 e. The molecule has 1 aromatic heterocycles. The van der Waals surface area contributed by atoms with Crippen LogP contribution in [-0.2, 0) is 11.8 Å². The van der Waals surface area contributed by atoms with E-state index in [0.29, 0.717) is 5.92 Å². The second-order valence-corrected chi connectivity index (χ2v) is 7.93. The van der Waals surface area contributed by atoms with E-state index in [1.807, 2.05) is 0 Å². The van der Waals surface area contributed by atoms with Crippen molar-refractivity contribution in [2.75, 3.05) is 0 Å². The summed E-state index contributed by atoms with van der Waals surface area (Å²) in [5.74, 6) is 2.25. The van der Waals surface area contributed by atoms with E-state index in [4.69, 9.17) is 0 Å². The molecule has 2 fully saturated rings. The minimum Gasteiger partial charge on any atom is -0.392 e. The van der Waals surface area contributed by atoms with Gasteiger partial charge in [-0.15, -0.1) is 11.3 Å². The molecule has 3 atom stereocenters. The average Bonchev–Trinajstić information content (AvgIpc) is 2.71. The van der Waals surface area contributed by atoms with Crippen LogP contribution in [0.25, 0.3) is 0 Å². The summed E-state index contributed by atoms with van der Waals surface area (Å²) >= 11 is 1.71. The van der Waals surface area contributed by atoms with Crippen molar-refractivity contribution in [2.24, 2.45) is 17.8 Å². The summed E-state index contributed by atoms with van der Waals surface area (Å²) < 4.78 is 0. The van der Waals surface area contributed by atoms with Crippen LogP contribution < -0.4 is 0 Å². The summed E-state index contributed by atoms with van der Waals surface area (Å²) in [5.41, 5.74) is 1.28. The Morgan fingerprint density at radius 2 is 2.06 bits per heavy atom. The number of aliphatic hydroxyl groups is 1. The van der Waals surface area contributed by atoms with Crippen molar-refractivity contribution in [2.45, 2.75) is 58.0 Å². The number of thiazole rings is 1. The summed E-state index contributed by atoms with van der Waals surface area (Å²) in [6, 6.07) is 0. The summed E-state index contributed by atoms with van der Waals surface area (Å²) in [4.78, 5) is 4.68. The van der Waals surface area contributed by atoms with Crippen molar-refractivity contribution < 1.29 is 5.11 Å². The minimum atomic E-state index is -0.153. The second kappa shape index (κ2) is 4.31. The lowest BCUT2D eigenvalue weighted by molar-refractivity contribution is 0.135. The Labute approximate surface area is 113 Å². The van der Waals surface area contributed by atoms with Gasteiger partial charge in [0.25, 0.3) is 0 Å². The predicted octanol–water partition coefficient (Wildman–Crippen LogP) is 3.39. The highest BCUT2D eigenvalue weighted by Gasteiger charge is 2.55. The van der Waals surface area contributed by atoms with Crippen LogP contribution in [-0.4, -0.2) is 16.2 Å². The van der Waals surface area contributed by atoms with Crippen molar-refractivity contribution >= 4 is 11.3 Å². The van der Waals surface area contributed by atoms with Crippen molar-refractivity contribution in [3.8, 4) is 0 Å². The maximum atomic E-state index is 10.3. The molecular formula is C15H23NOS. The zero-order chi connectivity index (χ0) is 12.9. The number of nitrogens with zero attached hydrogens (tertiary/aromatic N) is 1. The van der Waals surface area contributed by atoms with Gasteiger partial charge in [-0.1, -0.05) is 27.2 Å². The molecule has 3 rings (SSSR count). The van der Waals surface area contributed by atoms with Crippen molar-refractivity contribution in [1.82, 2.24) is 4.98 Å². The van der Waals surface area contributed by atoms with Gasteiger partial charge in [0, 0.05) is 17.2 Å². The lowest BCUT2D eigenvalue weighted by Crippen LogP contribution is -2.17. The first-order valence-corrected chi connectivity index (χ1v) is 7.98. The molecule has 3 heteroatoms. The summed E-state index contributed by atoms with van der Waals surface area (Å²) in [6.45, 7) is 6.56. The molecule has 1 aromatic rings. The molecule has 1 N–H and O–H groups in total. The standard InChI is InChI=1S/C15H23NOS/c1-15(2,3)12-8-18-13(16-12)7-11(17)14-9-5-4-6-10(9)14/h8-11,14,17H,4-7H2,1-3H3. The van der Waals surface area contributed by atoms with Crippen molar-refractivity contribution in [3.63, 3.8) is 0 Å². The molecule has 0 radical (unpaired) electrons. The second-order valence-electron chi connectivity index (χ2n) is 6.98. The largest absolute Gasteiger partial charge is 0.392 e. The molecule has 2 aliphatic rings. The van der Waals surface area contributed by atoms with Crippen molar-refractivity contribution in [1.29, 1.82) is 0 Å². The van der Waals surface area contributed by atoms with Crippen molar-refractivity contribution in [3.05, 3.63) is 16.1 Å². The molecule has 100 valence electrons. The van der Waals surface area contributed by atoms with Gasteiger partial charge in [-0.3, -0.25) is 0 Å². The topological polar surface area (TPSA) is 33.1 Å². The molecule has 0 aromatic carbocycles. The Balaban J connectivity index is 1.61. The van der Waals surface area contributed by atoms with E-state index in [1.54, 1.807) is 11.3 Å². The SMILES string of the molecule is CC(C)(C)c1csc(CC(O)C2C3CCCC32)n1. The number of aliphatic hydroxyl groups excluding tert-OH is 1. The highest BCUT2D eigenvalue weighted by Crippen LogP contribution is 2.59. The van der Waals surface area contributed by atoms with Crippen LogP contribution in [0.3, 0.4) is 0 Å². The van der Waals surface area contributed by atoms with Gasteiger partial charge in [-0.2, -0.15) is 0 Å². The fourth-order valence-electron chi connectivity index (χ4n) is 3.51. The Hall–Kier alpha value is -0.410. The predicted molar refractivity (Wildman–Crippen MR) is 74.8 cm³/mol. The number of hydrogen-bond donors (Lipinski definition) is 1. The van der Waals surface area contributed by atoms with Gasteiger partial charge in [0.15, 0.2) is 0 Å². The van der Waals surface area contributed by atoms with E-state index in [0.717, 1.165) is 29.0 Å². The molecule has 0 spiro atoms. The molecule has 0 bridgehead atoms. The van der Waals surface area contributed by atoms with Gasteiger partial charge in [-0.25, -0.2) is 4.98 Å². The summed E-state index contributed by atoms with van der Waals surface area (Å²) in [5, 5.41) is 13.6. The minimum absolute atomic E-state index is 0.121. The number of hydrogen-bond acceptors (Lipinski definition) is 3. The Kier molecular flexibility index (Phi) is 3.02. The van der Waals surface area contributed by atoms with Crippen LogP contribution in [0.15, 0.2) is 5.38 Å². The lowest BCUT2D eigenvalue weighted by atomic mass is 9.93. The Morgan fingerprint density at radius 3 is 2.61 bits per heavy atom. The first-order valence-electron chi connectivity index (χ1n) is 7.10. The van der Waals surface area contributed by atoms with E-state index in [2.05, 4.69) is 31.1 Å². The molecule has 0 saturated heterocycles. The van der Waals surface area contributed by atoms with E-state index in [-0.39, 0.29) is 11.5 Å². The Bertz CT molecular complexity index is 424. The lowest BCUT2D eigenvalue weighted by Gasteiger charge is -2.14. The highest BCUT2D eigenvalue weighted by atomic mass is 32.1. The fraction of sp³-hybridized carbons (Fsp3) is 0.800. The van der Waals surface area contributed by atoms with Crippen LogP contribution in [0.5, 0.6) is 0 Å². The van der Waals surface area contributed by atoms with Crippen LogP contribution in [0.1, 0.15) is 50.7 Å². The molecule has 1 heterocycles. The molecule has 2 saturated carbocycles. The molecule has 0 aliphatic heterocycles. The quantitative estimate of drug-likeness (QED) is 0.908. The summed E-state index contributed by atoms with van der Waals surface area (Å²) in [7, 11) is 0. The van der Waals surface area contributed by atoms with Gasteiger partial charge >= 0.3 is 0 Å². The molecular weight excluding hydrogens is 242 g/mol. The third-order valence-electron chi connectivity index (χ3n) is 4.62. The van der Waals surface area contributed by atoms with Gasteiger partial charge in [0.2, 0.25) is 0 Å². The monoisotopic (exact) mass is 265 g/mol. The van der Waals surface area contributed by atoms with Gasteiger partial charge in [-0.05, 0) is 30.6 Å². The van der Waals surface area contributed by atoms with Gasteiger partial charge in [0.05, 0.1) is 16.8 Å². The van der Waals surface area contributed by atoms with E-state index in [9.17, 15) is 5.11 Å². The van der Waals surface area contributed by atoms with E-state index < -0.39 is 0 Å². The molecule has 3 unspecified atom stereocenters. The molecule has 18 heavy (non-hydrogen) atoms. The molecule has 2 aliphatic carbocycles. The number of rotatable bonds is 3. The maximum Gasteiger partial charge on any atom is 0.0954 e. The third kappa shape index (κ3) is 2.23. The zero-order valence-electron chi connectivity index (χ0n) is 11.5. The first kappa shape index (κ1) is 12.6. The fourth-order valence-corrected chi connectivity index (χ4v) is 4.58. The molecule has 0 amide bonds. The van der Waals surface area contributed by atoms with Crippen LogP contribution in [0, 0.1) is 17.8 Å². The van der Waals surface area contributed by atoms with Crippen LogP contribution in [0.4, 0.5) is 0 Å². The van der Waals surface area contributed by atoms with Gasteiger partial charge in [0.1, 0.15) is 0 Å². The first-order chi connectivity index (χ1) is 8.47. The van der Waals surface area contributed by atoms with Gasteiger partial charge < -0.3 is 5.11 Å². The Morgan fingerprint density at radius 1 is 1.39 bits per heavy atom. The average molecular weight is 265 g/mol. The summed E-state index contributed by atoms with van der Waals surface area (Å²) in [6.07, 6.45) is 4.68. The van der Waals surface area contributed by atoms with Crippen LogP contribution >= 0.6 is 11.3 Å². The van der Waals surface area contributed by atoms with E-state index >= 15 is 0 Å².